The molecule has 2 rings (SSSR count). The minimum absolute atomic E-state index is 0.124. The molecule has 1 saturated carbocycles. The monoisotopic (exact) mass is 409 g/mol. The Bertz CT molecular complexity index is 699. The normalized spacial score (nSPS) is 16.9. The number of nitrogens with zero attached hydrogens (tertiary/aromatic N) is 1. The average molecular weight is 410 g/mol. The van der Waals surface area contributed by atoms with Crippen LogP contribution in [0.5, 0.6) is 0 Å². The maximum absolute atomic E-state index is 12.3. The standard InChI is InChI=1S/C21H35N3O3S/c1-3-27-16-14-21(12-7-8-13-21)18-24-20(22-2)23-15-9-17-28(25,26)19-10-5-4-6-11-19/h4-6,10-11H,3,7-9,12-18H2,1-2H3,(H2,22,23,24). The van der Waals surface area contributed by atoms with Gasteiger partial charge in [-0.15, -0.1) is 0 Å². The van der Waals surface area contributed by atoms with Crippen molar-refractivity contribution in [3.8, 4) is 0 Å². The fourth-order valence-corrected chi connectivity index (χ4v) is 5.11. The van der Waals surface area contributed by atoms with Crippen LogP contribution < -0.4 is 10.6 Å². The quantitative estimate of drug-likeness (QED) is 0.334. The molecule has 158 valence electrons. The highest BCUT2D eigenvalue weighted by molar-refractivity contribution is 7.91. The molecule has 2 N–H and O–H groups in total. The number of benzene rings is 1. The summed E-state index contributed by atoms with van der Waals surface area (Å²) in [6.45, 7) is 5.04. The topological polar surface area (TPSA) is 79.8 Å². The summed E-state index contributed by atoms with van der Waals surface area (Å²) in [6.07, 6.45) is 6.60. The zero-order chi connectivity index (χ0) is 20.3. The summed E-state index contributed by atoms with van der Waals surface area (Å²) < 4.78 is 30.2. The molecule has 6 nitrogen and oxygen atoms in total. The molecule has 0 amide bonds. The lowest BCUT2D eigenvalue weighted by atomic mass is 9.83. The van der Waals surface area contributed by atoms with Crippen molar-refractivity contribution in [2.24, 2.45) is 10.4 Å². The smallest absolute Gasteiger partial charge is 0.190 e. The average Bonchev–Trinajstić information content (AvgIpc) is 3.17. The highest BCUT2D eigenvalue weighted by atomic mass is 32.2. The van der Waals surface area contributed by atoms with Gasteiger partial charge < -0.3 is 15.4 Å². The van der Waals surface area contributed by atoms with Gasteiger partial charge in [0.25, 0.3) is 0 Å². The molecule has 1 aromatic rings. The number of sulfone groups is 1. The minimum atomic E-state index is -3.23. The van der Waals surface area contributed by atoms with E-state index in [1.807, 2.05) is 13.0 Å². The Balaban J connectivity index is 1.75. The van der Waals surface area contributed by atoms with E-state index < -0.39 is 9.84 Å². The third-order valence-corrected chi connectivity index (χ3v) is 7.30. The van der Waals surface area contributed by atoms with Gasteiger partial charge in [0.05, 0.1) is 10.6 Å². The van der Waals surface area contributed by atoms with Crippen LogP contribution >= 0.6 is 0 Å². The maximum Gasteiger partial charge on any atom is 0.190 e. The molecule has 28 heavy (non-hydrogen) atoms. The molecule has 0 saturated heterocycles. The van der Waals surface area contributed by atoms with Crippen molar-refractivity contribution in [3.63, 3.8) is 0 Å². The van der Waals surface area contributed by atoms with Crippen LogP contribution in [0, 0.1) is 5.41 Å². The van der Waals surface area contributed by atoms with E-state index in [2.05, 4.69) is 15.6 Å². The van der Waals surface area contributed by atoms with E-state index in [4.69, 9.17) is 4.74 Å². The van der Waals surface area contributed by atoms with Gasteiger partial charge in [-0.2, -0.15) is 0 Å². The molecule has 1 fully saturated rings. The van der Waals surface area contributed by atoms with Crippen molar-refractivity contribution >= 4 is 15.8 Å². The number of rotatable bonds is 11. The van der Waals surface area contributed by atoms with Crippen molar-refractivity contribution < 1.29 is 13.2 Å². The van der Waals surface area contributed by atoms with Gasteiger partial charge in [0.1, 0.15) is 0 Å². The van der Waals surface area contributed by atoms with Gasteiger partial charge in [0.2, 0.25) is 0 Å². The number of ether oxygens (including phenoxy) is 1. The van der Waals surface area contributed by atoms with Gasteiger partial charge in [0, 0.05) is 33.4 Å². The Morgan fingerprint density at radius 3 is 2.54 bits per heavy atom. The predicted molar refractivity (Wildman–Crippen MR) is 114 cm³/mol. The number of nitrogens with one attached hydrogen (secondary N) is 2. The first kappa shape index (κ1) is 22.7. The SMILES string of the molecule is CCOCCC1(CNC(=NC)NCCCS(=O)(=O)c2ccccc2)CCCC1. The number of hydrogen-bond donors (Lipinski definition) is 2. The Hall–Kier alpha value is -1.60. The summed E-state index contributed by atoms with van der Waals surface area (Å²) in [5.41, 5.74) is 0.281. The van der Waals surface area contributed by atoms with Gasteiger partial charge in [-0.3, -0.25) is 4.99 Å². The molecule has 0 aliphatic heterocycles. The summed E-state index contributed by atoms with van der Waals surface area (Å²) in [7, 11) is -1.48. The first-order valence-electron chi connectivity index (χ1n) is 10.3. The van der Waals surface area contributed by atoms with Crippen molar-refractivity contribution in [2.45, 2.75) is 50.3 Å². The summed E-state index contributed by atoms with van der Waals surface area (Å²) >= 11 is 0. The molecule has 0 radical (unpaired) electrons. The van der Waals surface area contributed by atoms with Gasteiger partial charge in [-0.05, 0) is 50.2 Å². The van der Waals surface area contributed by atoms with Crippen LogP contribution in [0.3, 0.4) is 0 Å². The molecule has 0 spiro atoms. The fourth-order valence-electron chi connectivity index (χ4n) is 3.78. The zero-order valence-corrected chi connectivity index (χ0v) is 18.1. The van der Waals surface area contributed by atoms with Crippen LogP contribution in [-0.4, -0.2) is 53.5 Å². The molecule has 0 atom stereocenters. The summed E-state index contributed by atoms with van der Waals surface area (Å²) in [6, 6.07) is 8.61. The van der Waals surface area contributed by atoms with Crippen molar-refractivity contribution in [1.82, 2.24) is 10.6 Å². The third kappa shape index (κ3) is 7.09. The molecular formula is C21H35N3O3S. The van der Waals surface area contributed by atoms with Gasteiger partial charge >= 0.3 is 0 Å². The second kappa shape index (κ2) is 11.4. The Labute approximate surface area is 170 Å². The van der Waals surface area contributed by atoms with Crippen LogP contribution in [0.1, 0.15) is 45.4 Å². The molecule has 1 aliphatic carbocycles. The molecule has 7 heteroatoms. The Morgan fingerprint density at radius 2 is 1.89 bits per heavy atom. The van der Waals surface area contributed by atoms with Crippen LogP contribution in [0.15, 0.2) is 40.2 Å². The lowest BCUT2D eigenvalue weighted by Crippen LogP contribution is -2.43. The highest BCUT2D eigenvalue weighted by Crippen LogP contribution is 2.40. The largest absolute Gasteiger partial charge is 0.382 e. The van der Waals surface area contributed by atoms with Crippen molar-refractivity contribution in [3.05, 3.63) is 30.3 Å². The van der Waals surface area contributed by atoms with Crippen molar-refractivity contribution in [1.29, 1.82) is 0 Å². The zero-order valence-electron chi connectivity index (χ0n) is 17.2. The first-order valence-corrected chi connectivity index (χ1v) is 12.0. The lowest BCUT2D eigenvalue weighted by molar-refractivity contribution is 0.105. The highest BCUT2D eigenvalue weighted by Gasteiger charge is 2.33. The van der Waals surface area contributed by atoms with Gasteiger partial charge in [-0.25, -0.2) is 8.42 Å². The first-order chi connectivity index (χ1) is 13.5. The lowest BCUT2D eigenvalue weighted by Gasteiger charge is -2.30. The van der Waals surface area contributed by atoms with Crippen LogP contribution in [0.4, 0.5) is 0 Å². The fraction of sp³-hybridized carbons (Fsp3) is 0.667. The summed E-state index contributed by atoms with van der Waals surface area (Å²) in [4.78, 5) is 4.67. The molecule has 0 heterocycles. The van der Waals surface area contributed by atoms with E-state index in [0.717, 1.165) is 32.1 Å². The second-order valence-electron chi connectivity index (χ2n) is 7.49. The van der Waals surface area contributed by atoms with Gasteiger partial charge in [-0.1, -0.05) is 31.0 Å². The van der Waals surface area contributed by atoms with E-state index in [0.29, 0.717) is 17.9 Å². The van der Waals surface area contributed by atoms with Crippen molar-refractivity contribution in [2.75, 3.05) is 39.1 Å². The summed E-state index contributed by atoms with van der Waals surface area (Å²) in [5, 5.41) is 6.69. The number of aliphatic imine (C=N–C) groups is 1. The van der Waals surface area contributed by atoms with Gasteiger partial charge in [0.15, 0.2) is 15.8 Å². The summed E-state index contributed by atoms with van der Waals surface area (Å²) in [5.74, 6) is 0.860. The molecule has 0 unspecified atom stereocenters. The number of guanidine groups is 1. The minimum Gasteiger partial charge on any atom is -0.382 e. The Kier molecular flexibility index (Phi) is 9.25. The molecule has 1 aromatic carbocycles. The Morgan fingerprint density at radius 1 is 1.18 bits per heavy atom. The molecular weight excluding hydrogens is 374 g/mol. The predicted octanol–water partition coefficient (Wildman–Crippen LogP) is 3.00. The van der Waals surface area contributed by atoms with Crippen LogP contribution in [-0.2, 0) is 14.6 Å². The molecule has 1 aliphatic rings. The maximum atomic E-state index is 12.3. The molecule has 0 bridgehead atoms. The third-order valence-electron chi connectivity index (χ3n) is 5.48. The van der Waals surface area contributed by atoms with Crippen LogP contribution in [0.25, 0.3) is 0 Å². The van der Waals surface area contributed by atoms with Crippen LogP contribution in [0.2, 0.25) is 0 Å². The van der Waals surface area contributed by atoms with E-state index in [9.17, 15) is 8.42 Å². The number of hydrogen-bond acceptors (Lipinski definition) is 4. The molecule has 0 aromatic heterocycles. The van der Waals surface area contributed by atoms with E-state index in [1.54, 1.807) is 31.3 Å². The van der Waals surface area contributed by atoms with E-state index in [-0.39, 0.29) is 11.2 Å². The van der Waals surface area contributed by atoms with E-state index >= 15 is 0 Å². The van der Waals surface area contributed by atoms with E-state index in [1.165, 1.54) is 25.7 Å². The second-order valence-corrected chi connectivity index (χ2v) is 9.60.